The quantitative estimate of drug-likeness (QED) is 0.586. The molecule has 2 aromatic rings. The Morgan fingerprint density at radius 1 is 1.58 bits per heavy atom. The van der Waals surface area contributed by atoms with Crippen LogP contribution in [0.5, 0.6) is 11.5 Å². The maximum atomic E-state index is 9.58. The largest absolute Gasteiger partial charge is 0.504 e. The second-order valence-electron chi connectivity index (χ2n) is 3.47. The van der Waals surface area contributed by atoms with E-state index in [1.807, 2.05) is 0 Å². The van der Waals surface area contributed by atoms with Crippen molar-refractivity contribution in [2.75, 3.05) is 18.3 Å². The first-order chi connectivity index (χ1) is 9.11. The zero-order chi connectivity index (χ0) is 13.8. The average Bonchev–Trinajstić information content (AvgIpc) is 2.79. The number of nitrogen functional groups attached to an aromatic ring is 1. The van der Waals surface area contributed by atoms with Gasteiger partial charge in [0.25, 0.3) is 0 Å². The minimum atomic E-state index is 0.0622. The molecule has 4 N–H and O–H groups in total. The Morgan fingerprint density at radius 2 is 2.37 bits per heavy atom. The number of halogens is 1. The smallest absolute Gasteiger partial charge is 0.205 e. The van der Waals surface area contributed by atoms with E-state index in [2.05, 4.69) is 31.4 Å². The molecule has 0 bridgehead atoms. The zero-order valence-electron chi connectivity index (χ0n) is 9.92. The van der Waals surface area contributed by atoms with Crippen LogP contribution in [0.4, 0.5) is 10.9 Å². The summed E-state index contributed by atoms with van der Waals surface area (Å²) in [5.41, 5.74) is 9.02. The van der Waals surface area contributed by atoms with Crippen molar-refractivity contribution in [1.29, 1.82) is 0 Å². The van der Waals surface area contributed by atoms with Crippen molar-refractivity contribution in [3.63, 3.8) is 0 Å². The van der Waals surface area contributed by atoms with Crippen LogP contribution >= 0.6 is 27.3 Å². The number of rotatable bonds is 4. The maximum absolute atomic E-state index is 9.58. The molecule has 0 unspecified atom stereocenters. The number of phenols is 1. The van der Waals surface area contributed by atoms with E-state index in [0.717, 1.165) is 5.56 Å². The third-order valence-electron chi connectivity index (χ3n) is 2.20. The monoisotopic (exact) mass is 342 g/mol. The lowest BCUT2D eigenvalue weighted by molar-refractivity contribution is 0.371. The highest BCUT2D eigenvalue weighted by molar-refractivity contribution is 9.10. The van der Waals surface area contributed by atoms with Gasteiger partial charge in [-0.15, -0.1) is 11.3 Å². The molecule has 19 heavy (non-hydrogen) atoms. The number of benzene rings is 1. The molecule has 1 aromatic heterocycles. The minimum absolute atomic E-state index is 0.0622. The highest BCUT2D eigenvalue weighted by Crippen LogP contribution is 2.36. The van der Waals surface area contributed by atoms with Gasteiger partial charge in [-0.25, -0.2) is 4.98 Å². The van der Waals surface area contributed by atoms with Gasteiger partial charge in [-0.05, 0) is 28.1 Å². The normalized spacial score (nSPS) is 10.8. The Morgan fingerprint density at radius 3 is 3.00 bits per heavy atom. The molecule has 8 heteroatoms. The molecule has 0 aliphatic carbocycles. The standard InChI is InChI=1S/C11H11BrN4O2S/c1-18-10-7(17)3-2-6(9(10)12)4-14-16-11-15-8(13)5-19-11/h2-5,17H,13H2,1H3,(H,15,16). The fourth-order valence-corrected chi connectivity index (χ4v) is 2.50. The van der Waals surface area contributed by atoms with Gasteiger partial charge in [0.05, 0.1) is 17.8 Å². The second-order valence-corrected chi connectivity index (χ2v) is 5.12. The molecule has 0 spiro atoms. The van der Waals surface area contributed by atoms with Gasteiger partial charge in [-0.2, -0.15) is 5.10 Å². The van der Waals surface area contributed by atoms with Gasteiger partial charge in [0.2, 0.25) is 5.13 Å². The Labute approximate surface area is 122 Å². The van der Waals surface area contributed by atoms with E-state index in [9.17, 15) is 5.11 Å². The van der Waals surface area contributed by atoms with Crippen LogP contribution in [0.2, 0.25) is 0 Å². The number of aromatic nitrogens is 1. The van der Waals surface area contributed by atoms with E-state index in [1.165, 1.54) is 24.5 Å². The zero-order valence-corrected chi connectivity index (χ0v) is 12.3. The predicted octanol–water partition coefficient (Wildman–Crippen LogP) is 2.65. The molecular formula is C11H11BrN4O2S. The summed E-state index contributed by atoms with van der Waals surface area (Å²) in [5, 5.41) is 16.0. The number of anilines is 2. The minimum Gasteiger partial charge on any atom is -0.504 e. The van der Waals surface area contributed by atoms with Crippen LogP contribution in [0.15, 0.2) is 27.1 Å². The lowest BCUT2D eigenvalue weighted by atomic mass is 10.2. The van der Waals surface area contributed by atoms with E-state index in [0.29, 0.717) is 21.2 Å². The summed E-state index contributed by atoms with van der Waals surface area (Å²) in [6, 6.07) is 3.25. The number of nitrogens with zero attached hydrogens (tertiary/aromatic N) is 2. The average molecular weight is 343 g/mol. The van der Waals surface area contributed by atoms with Gasteiger partial charge in [-0.3, -0.25) is 5.43 Å². The Kier molecular flexibility index (Phi) is 4.23. The fraction of sp³-hybridized carbons (Fsp3) is 0.0909. The molecule has 0 amide bonds. The van der Waals surface area contributed by atoms with Crippen molar-refractivity contribution < 1.29 is 9.84 Å². The van der Waals surface area contributed by atoms with Crippen LogP contribution < -0.4 is 15.9 Å². The van der Waals surface area contributed by atoms with Gasteiger partial charge in [0, 0.05) is 10.9 Å². The molecule has 6 nitrogen and oxygen atoms in total. The van der Waals surface area contributed by atoms with Gasteiger partial charge in [-0.1, -0.05) is 0 Å². The van der Waals surface area contributed by atoms with Gasteiger partial charge < -0.3 is 15.6 Å². The van der Waals surface area contributed by atoms with E-state index < -0.39 is 0 Å². The first-order valence-electron chi connectivity index (χ1n) is 5.17. The lowest BCUT2D eigenvalue weighted by Crippen LogP contribution is -1.94. The highest BCUT2D eigenvalue weighted by Gasteiger charge is 2.09. The van der Waals surface area contributed by atoms with Crippen molar-refractivity contribution in [3.05, 3.63) is 27.5 Å². The van der Waals surface area contributed by atoms with Crippen molar-refractivity contribution >= 4 is 44.4 Å². The summed E-state index contributed by atoms with van der Waals surface area (Å²) in [5.74, 6) is 0.879. The van der Waals surface area contributed by atoms with Crippen LogP contribution in [0.25, 0.3) is 0 Å². The van der Waals surface area contributed by atoms with Crippen LogP contribution in [-0.4, -0.2) is 23.4 Å². The topological polar surface area (TPSA) is 92.8 Å². The lowest BCUT2D eigenvalue weighted by Gasteiger charge is -2.07. The molecule has 0 saturated heterocycles. The third kappa shape index (κ3) is 3.15. The highest BCUT2D eigenvalue weighted by atomic mass is 79.9. The Balaban J connectivity index is 2.15. The van der Waals surface area contributed by atoms with Gasteiger partial charge >= 0.3 is 0 Å². The van der Waals surface area contributed by atoms with Crippen LogP contribution in [0.1, 0.15) is 5.56 Å². The number of hydrogen-bond acceptors (Lipinski definition) is 7. The molecule has 0 saturated carbocycles. The van der Waals surface area contributed by atoms with Crippen molar-refractivity contribution in [3.8, 4) is 11.5 Å². The van der Waals surface area contributed by atoms with Crippen molar-refractivity contribution in [1.82, 2.24) is 4.98 Å². The Hall–Kier alpha value is -1.80. The second kappa shape index (κ2) is 5.89. The van der Waals surface area contributed by atoms with Crippen LogP contribution in [0.3, 0.4) is 0 Å². The third-order valence-corrected chi connectivity index (χ3v) is 3.78. The van der Waals surface area contributed by atoms with E-state index >= 15 is 0 Å². The molecule has 1 heterocycles. The summed E-state index contributed by atoms with van der Waals surface area (Å²) >= 11 is 4.71. The molecule has 0 aliphatic heterocycles. The van der Waals surface area contributed by atoms with E-state index in [4.69, 9.17) is 10.5 Å². The van der Waals surface area contributed by atoms with E-state index in [1.54, 1.807) is 17.7 Å². The van der Waals surface area contributed by atoms with Crippen LogP contribution in [-0.2, 0) is 0 Å². The van der Waals surface area contributed by atoms with Crippen molar-refractivity contribution in [2.45, 2.75) is 0 Å². The van der Waals surface area contributed by atoms with Gasteiger partial charge in [0.1, 0.15) is 5.82 Å². The summed E-state index contributed by atoms with van der Waals surface area (Å²) < 4.78 is 5.70. The number of nitrogens with one attached hydrogen (secondary N) is 1. The summed E-state index contributed by atoms with van der Waals surface area (Å²) in [6.07, 6.45) is 1.59. The molecule has 0 aliphatic rings. The number of ether oxygens (including phenoxy) is 1. The number of aromatic hydroxyl groups is 1. The fourth-order valence-electron chi connectivity index (χ4n) is 1.35. The Bertz CT molecular complexity index is 615. The summed E-state index contributed by atoms with van der Waals surface area (Å²) in [6.45, 7) is 0. The summed E-state index contributed by atoms with van der Waals surface area (Å²) in [7, 11) is 1.48. The SMILES string of the molecule is COc1c(O)ccc(C=NNc2nc(N)cs2)c1Br. The first-order valence-corrected chi connectivity index (χ1v) is 6.84. The number of hydrazone groups is 1. The number of hydrogen-bond donors (Lipinski definition) is 3. The molecule has 2 rings (SSSR count). The number of nitrogens with two attached hydrogens (primary N) is 1. The summed E-state index contributed by atoms with van der Waals surface area (Å²) in [4.78, 5) is 4.01. The van der Waals surface area contributed by atoms with Crippen molar-refractivity contribution in [2.24, 2.45) is 5.10 Å². The molecular weight excluding hydrogens is 332 g/mol. The molecule has 1 aromatic carbocycles. The molecule has 0 radical (unpaired) electrons. The van der Waals surface area contributed by atoms with E-state index in [-0.39, 0.29) is 5.75 Å². The molecule has 0 atom stereocenters. The van der Waals surface area contributed by atoms with Gasteiger partial charge in [0.15, 0.2) is 11.5 Å². The van der Waals surface area contributed by atoms with Crippen LogP contribution in [0, 0.1) is 0 Å². The predicted molar refractivity (Wildman–Crippen MR) is 80.1 cm³/mol. The number of thiazole rings is 1. The number of methoxy groups -OCH3 is 1. The maximum Gasteiger partial charge on any atom is 0.205 e. The first kappa shape index (κ1) is 13.6. The number of phenolic OH excluding ortho intramolecular Hbond substituents is 1. The molecule has 0 fully saturated rings. The molecule has 100 valence electrons.